The SMILES string of the molecule is Cc1cccc(NC(N)=NCCNc2ncccc2C(F)(F)F)c1. The molecule has 0 saturated carbocycles. The molecule has 24 heavy (non-hydrogen) atoms. The first kappa shape index (κ1) is 17.6. The summed E-state index contributed by atoms with van der Waals surface area (Å²) in [5, 5.41) is 5.55. The monoisotopic (exact) mass is 337 g/mol. The number of aliphatic imine (C=N–C) groups is 1. The van der Waals surface area contributed by atoms with Crippen molar-refractivity contribution >= 4 is 17.5 Å². The molecule has 2 rings (SSSR count). The van der Waals surface area contributed by atoms with Gasteiger partial charge in [-0.2, -0.15) is 13.2 Å². The van der Waals surface area contributed by atoms with E-state index >= 15 is 0 Å². The van der Waals surface area contributed by atoms with Crippen molar-refractivity contribution in [2.75, 3.05) is 23.7 Å². The molecule has 8 heteroatoms. The van der Waals surface area contributed by atoms with E-state index in [-0.39, 0.29) is 24.9 Å². The van der Waals surface area contributed by atoms with Crippen molar-refractivity contribution in [2.24, 2.45) is 10.7 Å². The Bertz CT molecular complexity index is 713. The van der Waals surface area contributed by atoms with Crippen molar-refractivity contribution in [3.63, 3.8) is 0 Å². The number of aryl methyl sites for hydroxylation is 1. The molecule has 0 bridgehead atoms. The number of benzene rings is 1. The number of guanidine groups is 1. The van der Waals surface area contributed by atoms with Gasteiger partial charge in [0.2, 0.25) is 0 Å². The fourth-order valence-electron chi connectivity index (χ4n) is 2.04. The molecule has 2 aromatic rings. The van der Waals surface area contributed by atoms with Crippen molar-refractivity contribution in [3.8, 4) is 0 Å². The summed E-state index contributed by atoms with van der Waals surface area (Å²) >= 11 is 0. The van der Waals surface area contributed by atoms with Crippen molar-refractivity contribution < 1.29 is 13.2 Å². The van der Waals surface area contributed by atoms with Gasteiger partial charge in [-0.25, -0.2) is 4.98 Å². The Labute approximate surface area is 137 Å². The van der Waals surface area contributed by atoms with Gasteiger partial charge in [-0.1, -0.05) is 12.1 Å². The molecule has 0 radical (unpaired) electrons. The number of nitrogens with zero attached hydrogens (tertiary/aromatic N) is 2. The molecule has 5 nitrogen and oxygen atoms in total. The van der Waals surface area contributed by atoms with E-state index < -0.39 is 11.7 Å². The van der Waals surface area contributed by atoms with Crippen LogP contribution in [0.15, 0.2) is 47.6 Å². The lowest BCUT2D eigenvalue weighted by Gasteiger charge is -2.12. The Morgan fingerprint density at radius 2 is 2.04 bits per heavy atom. The number of anilines is 2. The van der Waals surface area contributed by atoms with Crippen LogP contribution >= 0.6 is 0 Å². The van der Waals surface area contributed by atoms with Gasteiger partial charge < -0.3 is 16.4 Å². The van der Waals surface area contributed by atoms with Gasteiger partial charge in [0.05, 0.1) is 12.1 Å². The van der Waals surface area contributed by atoms with Crippen LogP contribution in [0, 0.1) is 6.92 Å². The highest BCUT2D eigenvalue weighted by molar-refractivity contribution is 5.92. The van der Waals surface area contributed by atoms with Crippen LogP contribution in [0.4, 0.5) is 24.7 Å². The van der Waals surface area contributed by atoms with Crippen LogP contribution in [0.3, 0.4) is 0 Å². The Hall–Kier alpha value is -2.77. The lowest BCUT2D eigenvalue weighted by Crippen LogP contribution is -2.24. The van der Waals surface area contributed by atoms with E-state index in [0.29, 0.717) is 0 Å². The molecule has 1 aromatic heterocycles. The number of hydrogen-bond acceptors (Lipinski definition) is 3. The number of halogens is 3. The molecule has 0 fully saturated rings. The quantitative estimate of drug-likeness (QED) is 0.445. The van der Waals surface area contributed by atoms with Crippen LogP contribution in [0.25, 0.3) is 0 Å². The topological polar surface area (TPSA) is 75.3 Å². The maximum absolute atomic E-state index is 12.8. The molecule has 0 amide bonds. The van der Waals surface area contributed by atoms with Crippen molar-refractivity contribution in [2.45, 2.75) is 13.1 Å². The third-order valence-electron chi connectivity index (χ3n) is 3.09. The standard InChI is InChI=1S/C16H18F3N5/c1-11-4-2-5-12(10-11)24-15(20)23-9-8-22-14-13(16(17,18)19)6-3-7-21-14/h2-7,10H,8-9H2,1H3,(H,21,22)(H3,20,23,24). The van der Waals surface area contributed by atoms with Gasteiger partial charge in [0.15, 0.2) is 5.96 Å². The molecule has 0 aliphatic rings. The van der Waals surface area contributed by atoms with Crippen LogP contribution in [0.1, 0.15) is 11.1 Å². The number of aromatic nitrogens is 1. The second-order valence-corrected chi connectivity index (χ2v) is 5.09. The molecule has 0 atom stereocenters. The van der Waals surface area contributed by atoms with Gasteiger partial charge in [-0.3, -0.25) is 4.99 Å². The van der Waals surface area contributed by atoms with Gasteiger partial charge >= 0.3 is 6.18 Å². The largest absolute Gasteiger partial charge is 0.419 e. The Morgan fingerprint density at radius 1 is 1.25 bits per heavy atom. The number of nitrogens with one attached hydrogen (secondary N) is 2. The molecule has 4 N–H and O–H groups in total. The molecular weight excluding hydrogens is 319 g/mol. The lowest BCUT2D eigenvalue weighted by molar-refractivity contribution is -0.137. The summed E-state index contributed by atoms with van der Waals surface area (Å²) in [6.07, 6.45) is -3.15. The minimum absolute atomic E-state index is 0.177. The zero-order valence-corrected chi connectivity index (χ0v) is 13.1. The zero-order chi connectivity index (χ0) is 17.6. The smallest absolute Gasteiger partial charge is 0.370 e. The van der Waals surface area contributed by atoms with Crippen LogP contribution in [-0.4, -0.2) is 24.0 Å². The predicted octanol–water partition coefficient (Wildman–Crippen LogP) is 3.25. The van der Waals surface area contributed by atoms with Crippen LogP contribution in [0.2, 0.25) is 0 Å². The van der Waals surface area contributed by atoms with E-state index in [4.69, 9.17) is 5.73 Å². The Kier molecular flexibility index (Phi) is 5.62. The highest BCUT2D eigenvalue weighted by Gasteiger charge is 2.33. The molecule has 0 aliphatic heterocycles. The highest BCUT2D eigenvalue weighted by atomic mass is 19.4. The maximum atomic E-state index is 12.8. The van der Waals surface area contributed by atoms with Gasteiger partial charge in [-0.15, -0.1) is 0 Å². The van der Waals surface area contributed by atoms with Crippen LogP contribution in [-0.2, 0) is 6.18 Å². The van der Waals surface area contributed by atoms with Crippen molar-refractivity contribution in [1.82, 2.24) is 4.98 Å². The van der Waals surface area contributed by atoms with E-state index in [2.05, 4.69) is 20.6 Å². The Balaban J connectivity index is 1.88. The van der Waals surface area contributed by atoms with E-state index in [9.17, 15) is 13.2 Å². The van der Waals surface area contributed by atoms with Crippen LogP contribution in [0.5, 0.6) is 0 Å². The number of rotatable bonds is 5. The normalized spacial score (nSPS) is 12.1. The molecule has 0 aliphatic carbocycles. The summed E-state index contributed by atoms with van der Waals surface area (Å²) < 4.78 is 38.5. The molecule has 0 saturated heterocycles. The molecule has 0 unspecified atom stereocenters. The fraction of sp³-hybridized carbons (Fsp3) is 0.250. The van der Waals surface area contributed by atoms with Gasteiger partial charge in [0.1, 0.15) is 5.82 Å². The predicted molar refractivity (Wildman–Crippen MR) is 89.0 cm³/mol. The van der Waals surface area contributed by atoms with Crippen molar-refractivity contribution in [3.05, 3.63) is 53.7 Å². The molecule has 0 spiro atoms. The lowest BCUT2D eigenvalue weighted by atomic mass is 10.2. The third kappa shape index (κ3) is 5.15. The minimum Gasteiger partial charge on any atom is -0.370 e. The second-order valence-electron chi connectivity index (χ2n) is 5.09. The van der Waals surface area contributed by atoms with E-state index in [0.717, 1.165) is 17.3 Å². The molecule has 1 heterocycles. The summed E-state index contributed by atoms with van der Waals surface area (Å²) in [6, 6.07) is 9.81. The number of hydrogen-bond donors (Lipinski definition) is 3. The zero-order valence-electron chi connectivity index (χ0n) is 13.1. The highest BCUT2D eigenvalue weighted by Crippen LogP contribution is 2.33. The third-order valence-corrected chi connectivity index (χ3v) is 3.09. The number of alkyl halides is 3. The first-order chi connectivity index (χ1) is 11.4. The number of pyridine rings is 1. The summed E-state index contributed by atoms with van der Waals surface area (Å²) in [4.78, 5) is 7.78. The summed E-state index contributed by atoms with van der Waals surface area (Å²) in [5.74, 6) is -0.0233. The summed E-state index contributed by atoms with van der Waals surface area (Å²) in [6.45, 7) is 2.34. The first-order valence-corrected chi connectivity index (χ1v) is 7.26. The van der Waals surface area contributed by atoms with E-state index in [1.54, 1.807) is 0 Å². The average Bonchev–Trinajstić information content (AvgIpc) is 2.51. The summed E-state index contributed by atoms with van der Waals surface area (Å²) in [5.41, 5.74) is 6.82. The molecule has 1 aromatic carbocycles. The van der Waals surface area contributed by atoms with Gasteiger partial charge in [0, 0.05) is 18.4 Å². The number of nitrogens with two attached hydrogens (primary N) is 1. The van der Waals surface area contributed by atoms with Gasteiger partial charge in [0.25, 0.3) is 0 Å². The second kappa shape index (κ2) is 7.67. The van der Waals surface area contributed by atoms with E-state index in [1.165, 1.54) is 12.3 Å². The molecule has 128 valence electrons. The van der Waals surface area contributed by atoms with Gasteiger partial charge in [-0.05, 0) is 36.8 Å². The average molecular weight is 337 g/mol. The van der Waals surface area contributed by atoms with Crippen LogP contribution < -0.4 is 16.4 Å². The Morgan fingerprint density at radius 3 is 2.75 bits per heavy atom. The van der Waals surface area contributed by atoms with E-state index in [1.807, 2.05) is 31.2 Å². The molecular formula is C16H18F3N5. The van der Waals surface area contributed by atoms with Crippen molar-refractivity contribution in [1.29, 1.82) is 0 Å². The first-order valence-electron chi connectivity index (χ1n) is 7.26. The fourth-order valence-corrected chi connectivity index (χ4v) is 2.04. The minimum atomic E-state index is -4.45. The maximum Gasteiger partial charge on any atom is 0.419 e. The summed E-state index contributed by atoms with van der Waals surface area (Å²) in [7, 11) is 0.